The molecule has 4 aliphatic rings. The van der Waals surface area contributed by atoms with E-state index >= 15 is 0 Å². The highest BCUT2D eigenvalue weighted by molar-refractivity contribution is 5.95. The van der Waals surface area contributed by atoms with Gasteiger partial charge in [0.05, 0.1) is 11.0 Å². The van der Waals surface area contributed by atoms with Gasteiger partial charge in [-0.1, -0.05) is 32.9 Å². The van der Waals surface area contributed by atoms with Gasteiger partial charge < -0.3 is 10.4 Å². The molecule has 0 saturated heterocycles. The van der Waals surface area contributed by atoms with E-state index in [9.17, 15) is 9.90 Å². The van der Waals surface area contributed by atoms with Gasteiger partial charge in [0.15, 0.2) is 0 Å². The number of carbonyl (C=O) groups excluding carboxylic acids is 1. The van der Waals surface area contributed by atoms with Gasteiger partial charge in [-0.3, -0.25) is 4.79 Å². The number of rotatable bonds is 2. The molecule has 0 radical (unpaired) electrons. The molecule has 2 N–H and O–H groups in total. The molecule has 4 bridgehead atoms. The van der Waals surface area contributed by atoms with E-state index in [1.807, 2.05) is 12.1 Å². The van der Waals surface area contributed by atoms with Gasteiger partial charge in [-0.05, 0) is 73.5 Å². The topological polar surface area (TPSA) is 49.3 Å². The van der Waals surface area contributed by atoms with Crippen LogP contribution in [0.2, 0.25) is 0 Å². The second-order valence-electron chi connectivity index (χ2n) is 9.75. The summed E-state index contributed by atoms with van der Waals surface area (Å²) in [6, 6.07) is 8.22. The first kappa shape index (κ1) is 16.1. The number of hydrogen-bond donors (Lipinski definition) is 2. The number of amides is 1. The molecule has 0 aliphatic heterocycles. The fourth-order valence-electron chi connectivity index (χ4n) is 5.80. The number of nitrogens with one attached hydrogen (secondary N) is 1. The molecular formula is C21H29NO2. The standard InChI is InChI=1S/C21H29NO2/c1-19(2,3)16-4-6-17(7-5-16)22-18(23)20-9-14-8-15(10-20)12-21(24,11-14)13-20/h4-7,14-15,24H,8-13H2,1-3H3,(H,22,23)/t14-,15+,20?,21?. The highest BCUT2D eigenvalue weighted by Gasteiger charge is 2.60. The number of aliphatic hydroxyl groups is 1. The van der Waals surface area contributed by atoms with E-state index in [2.05, 4.69) is 38.2 Å². The Morgan fingerprint density at radius 2 is 1.67 bits per heavy atom. The minimum absolute atomic E-state index is 0.117. The summed E-state index contributed by atoms with van der Waals surface area (Å²) in [6.45, 7) is 6.57. The molecule has 2 unspecified atom stereocenters. The Kier molecular flexibility index (Phi) is 3.41. The summed E-state index contributed by atoms with van der Waals surface area (Å²) in [5.74, 6) is 1.19. The third kappa shape index (κ3) is 2.67. The van der Waals surface area contributed by atoms with Gasteiger partial charge in [0.1, 0.15) is 0 Å². The second-order valence-corrected chi connectivity index (χ2v) is 9.75. The van der Waals surface area contributed by atoms with E-state index < -0.39 is 5.60 Å². The van der Waals surface area contributed by atoms with E-state index in [4.69, 9.17) is 0 Å². The minimum atomic E-state index is -0.586. The number of benzene rings is 1. The molecule has 130 valence electrons. The first-order valence-corrected chi connectivity index (χ1v) is 9.32. The van der Waals surface area contributed by atoms with Crippen LogP contribution in [-0.2, 0) is 10.2 Å². The molecule has 3 nitrogen and oxygen atoms in total. The molecule has 1 aromatic rings. The maximum atomic E-state index is 13.1. The van der Waals surface area contributed by atoms with Crippen molar-refractivity contribution in [1.82, 2.24) is 0 Å². The highest BCUT2D eigenvalue weighted by atomic mass is 16.3. The number of anilines is 1. The van der Waals surface area contributed by atoms with Crippen molar-refractivity contribution < 1.29 is 9.90 Å². The second kappa shape index (κ2) is 5.08. The first-order valence-electron chi connectivity index (χ1n) is 9.32. The predicted octanol–water partition coefficient (Wildman–Crippen LogP) is 4.25. The van der Waals surface area contributed by atoms with Crippen LogP contribution >= 0.6 is 0 Å². The zero-order chi connectivity index (χ0) is 17.2. The maximum absolute atomic E-state index is 13.1. The highest BCUT2D eigenvalue weighted by Crippen LogP contribution is 2.61. The van der Waals surface area contributed by atoms with Crippen LogP contribution in [0.3, 0.4) is 0 Å². The first-order chi connectivity index (χ1) is 11.2. The zero-order valence-corrected chi connectivity index (χ0v) is 15.1. The molecule has 5 rings (SSSR count). The summed E-state index contributed by atoms with van der Waals surface area (Å²) in [6.07, 6.45) is 5.57. The van der Waals surface area contributed by atoms with Crippen LogP contribution in [0.5, 0.6) is 0 Å². The summed E-state index contributed by atoms with van der Waals surface area (Å²) in [7, 11) is 0. The van der Waals surface area contributed by atoms with Crippen molar-refractivity contribution in [3.63, 3.8) is 0 Å². The molecule has 0 aromatic heterocycles. The van der Waals surface area contributed by atoms with Crippen LogP contribution in [0.1, 0.15) is 64.9 Å². The van der Waals surface area contributed by atoms with Gasteiger partial charge in [0.2, 0.25) is 5.91 Å². The zero-order valence-electron chi connectivity index (χ0n) is 15.1. The summed E-state index contributed by atoms with van der Waals surface area (Å²) in [5, 5.41) is 14.0. The average Bonchev–Trinajstić information content (AvgIpc) is 2.44. The lowest BCUT2D eigenvalue weighted by Crippen LogP contribution is -2.59. The lowest BCUT2D eigenvalue weighted by Gasteiger charge is -2.59. The van der Waals surface area contributed by atoms with Crippen LogP contribution in [0, 0.1) is 17.3 Å². The summed E-state index contributed by atoms with van der Waals surface area (Å²) < 4.78 is 0. The van der Waals surface area contributed by atoms with Gasteiger partial charge in [0.25, 0.3) is 0 Å². The molecule has 1 amide bonds. The van der Waals surface area contributed by atoms with E-state index in [1.165, 1.54) is 12.0 Å². The lowest BCUT2D eigenvalue weighted by atomic mass is 9.47. The Balaban J connectivity index is 1.52. The van der Waals surface area contributed by atoms with Crippen molar-refractivity contribution in [2.45, 2.75) is 70.3 Å². The predicted molar refractivity (Wildman–Crippen MR) is 95.8 cm³/mol. The minimum Gasteiger partial charge on any atom is -0.390 e. The molecule has 3 heteroatoms. The number of hydrogen-bond acceptors (Lipinski definition) is 2. The average molecular weight is 327 g/mol. The normalized spacial score (nSPS) is 37.5. The van der Waals surface area contributed by atoms with Crippen LogP contribution < -0.4 is 5.32 Å². The SMILES string of the molecule is CC(C)(C)c1ccc(NC(=O)C23C[C@@H]4C[C@@H](CC(O)(C4)C2)C3)cc1. The molecular weight excluding hydrogens is 298 g/mol. The van der Waals surface area contributed by atoms with Crippen molar-refractivity contribution in [3.8, 4) is 0 Å². The largest absolute Gasteiger partial charge is 0.390 e. The van der Waals surface area contributed by atoms with Crippen molar-refractivity contribution in [1.29, 1.82) is 0 Å². The lowest BCUT2D eigenvalue weighted by molar-refractivity contribution is -0.174. The molecule has 4 aliphatic carbocycles. The van der Waals surface area contributed by atoms with Crippen LogP contribution in [0.25, 0.3) is 0 Å². The summed E-state index contributed by atoms with van der Waals surface area (Å²) >= 11 is 0. The Labute approximate surface area is 144 Å². The van der Waals surface area contributed by atoms with Gasteiger partial charge >= 0.3 is 0 Å². The van der Waals surface area contributed by atoms with E-state index in [0.29, 0.717) is 18.3 Å². The van der Waals surface area contributed by atoms with Gasteiger partial charge in [-0.25, -0.2) is 0 Å². The monoisotopic (exact) mass is 327 g/mol. The molecule has 24 heavy (non-hydrogen) atoms. The van der Waals surface area contributed by atoms with Crippen molar-refractivity contribution >= 4 is 11.6 Å². The maximum Gasteiger partial charge on any atom is 0.230 e. The van der Waals surface area contributed by atoms with Crippen molar-refractivity contribution in [2.75, 3.05) is 5.32 Å². The quantitative estimate of drug-likeness (QED) is 0.853. The Hall–Kier alpha value is -1.35. The fourth-order valence-corrected chi connectivity index (χ4v) is 5.80. The molecule has 4 fully saturated rings. The number of carbonyl (C=O) groups is 1. The van der Waals surface area contributed by atoms with Crippen molar-refractivity contribution in [3.05, 3.63) is 29.8 Å². The van der Waals surface area contributed by atoms with Gasteiger partial charge in [0, 0.05) is 5.69 Å². The van der Waals surface area contributed by atoms with E-state index in [0.717, 1.165) is 31.4 Å². The molecule has 0 spiro atoms. The summed E-state index contributed by atoms with van der Waals surface area (Å²) in [5.41, 5.74) is 1.32. The third-order valence-corrected chi connectivity index (χ3v) is 6.52. The van der Waals surface area contributed by atoms with Crippen LogP contribution in [-0.4, -0.2) is 16.6 Å². The molecule has 1 aromatic carbocycles. The van der Waals surface area contributed by atoms with Gasteiger partial charge in [-0.2, -0.15) is 0 Å². The third-order valence-electron chi connectivity index (χ3n) is 6.52. The Bertz CT molecular complexity index is 641. The fraction of sp³-hybridized carbons (Fsp3) is 0.667. The van der Waals surface area contributed by atoms with Crippen molar-refractivity contribution in [2.24, 2.45) is 17.3 Å². The van der Waals surface area contributed by atoms with E-state index in [-0.39, 0.29) is 16.7 Å². The summed E-state index contributed by atoms with van der Waals surface area (Å²) in [4.78, 5) is 13.1. The molecule has 4 atom stereocenters. The van der Waals surface area contributed by atoms with Gasteiger partial charge in [-0.15, -0.1) is 0 Å². The Morgan fingerprint density at radius 3 is 2.17 bits per heavy atom. The smallest absolute Gasteiger partial charge is 0.230 e. The molecule has 0 heterocycles. The Morgan fingerprint density at radius 1 is 1.08 bits per heavy atom. The molecule has 4 saturated carbocycles. The van der Waals surface area contributed by atoms with Crippen LogP contribution in [0.4, 0.5) is 5.69 Å². The van der Waals surface area contributed by atoms with E-state index in [1.54, 1.807) is 0 Å². The van der Waals surface area contributed by atoms with Crippen LogP contribution in [0.15, 0.2) is 24.3 Å².